The number of hydrogen-bond donors (Lipinski definition) is 1. The average Bonchev–Trinajstić information content (AvgIpc) is 3.66. The molecule has 9 aromatic rings. The van der Waals surface area contributed by atoms with Gasteiger partial charge in [-0.1, -0.05) is 202 Å². The van der Waals surface area contributed by atoms with Crippen molar-refractivity contribution in [2.45, 2.75) is 85.1 Å². The second-order valence-electron chi connectivity index (χ2n) is 20.6. The molecule has 324 valence electrons. The van der Waals surface area contributed by atoms with E-state index in [-0.39, 0.29) is 22.0 Å². The lowest BCUT2D eigenvalue weighted by molar-refractivity contribution is 0.446. The summed E-state index contributed by atoms with van der Waals surface area (Å²) >= 11 is 0. The lowest BCUT2D eigenvalue weighted by Gasteiger charge is -2.27. The Bertz CT molecular complexity index is 3160. The van der Waals surface area contributed by atoms with Gasteiger partial charge in [0.1, 0.15) is 11.6 Å². The molecular weight excluding hydrogens is 791 g/mol. The first-order chi connectivity index (χ1) is 31.0. The Morgan fingerprint density at radius 1 is 0.446 bits per heavy atom. The van der Waals surface area contributed by atoms with Crippen LogP contribution in [0.5, 0.6) is 5.75 Å². The van der Waals surface area contributed by atoms with Crippen molar-refractivity contribution in [1.29, 1.82) is 0 Å². The second kappa shape index (κ2) is 16.8. The minimum absolute atomic E-state index is 0.0219. The summed E-state index contributed by atoms with van der Waals surface area (Å²) in [7, 11) is 0. The van der Waals surface area contributed by atoms with Crippen molar-refractivity contribution in [2.24, 2.45) is 0 Å². The zero-order chi connectivity index (χ0) is 45.7. The first kappa shape index (κ1) is 43.2. The van der Waals surface area contributed by atoms with Gasteiger partial charge in [0.25, 0.3) is 0 Å². The summed E-state index contributed by atoms with van der Waals surface area (Å²) in [6, 6.07) is 60.6. The molecule has 7 aromatic carbocycles. The van der Waals surface area contributed by atoms with Crippen LogP contribution in [-0.4, -0.2) is 19.6 Å². The van der Waals surface area contributed by atoms with E-state index in [1.165, 1.54) is 33.4 Å². The van der Waals surface area contributed by atoms with Crippen LogP contribution in [0.1, 0.15) is 84.6 Å². The third kappa shape index (κ3) is 8.78. The van der Waals surface area contributed by atoms with Gasteiger partial charge in [-0.15, -0.1) is 0 Å². The van der Waals surface area contributed by atoms with E-state index >= 15 is 0 Å². The van der Waals surface area contributed by atoms with Gasteiger partial charge < -0.3 is 9.67 Å². The molecule has 4 nitrogen and oxygen atoms in total. The Morgan fingerprint density at radius 3 is 1.69 bits per heavy atom. The highest BCUT2D eigenvalue weighted by Crippen LogP contribution is 2.44. The van der Waals surface area contributed by atoms with Gasteiger partial charge in [-0.3, -0.25) is 4.98 Å². The van der Waals surface area contributed by atoms with E-state index in [2.05, 4.69) is 231 Å². The highest BCUT2D eigenvalue weighted by molar-refractivity contribution is 5.96. The van der Waals surface area contributed by atoms with E-state index < -0.39 is 0 Å². The third-order valence-electron chi connectivity index (χ3n) is 12.7. The van der Waals surface area contributed by atoms with Crippen LogP contribution in [0.3, 0.4) is 0 Å². The number of rotatable bonds is 8. The summed E-state index contributed by atoms with van der Waals surface area (Å²) in [5.41, 5.74) is 17.7. The predicted octanol–water partition coefficient (Wildman–Crippen LogP) is 16.1. The molecule has 0 aliphatic heterocycles. The number of phenols is 1. The van der Waals surface area contributed by atoms with Crippen LogP contribution in [0, 0.1) is 0 Å². The SMILES string of the molecule is CC(C)(C)c1ccc(Cn2c(-c3cc(C(C)(C)C)cc(C(C)(C)C)c3O)nc3c(-c4cccc(-c5cc(-c6ccc(-c7ccccc7)cc6)ccn5)c4)cccc32)c(-c2ccccc2)c1. The number of para-hydroxylation sites is 1. The van der Waals surface area contributed by atoms with Crippen molar-refractivity contribution in [3.8, 4) is 72.9 Å². The molecule has 0 unspecified atom stereocenters. The van der Waals surface area contributed by atoms with Crippen molar-refractivity contribution >= 4 is 11.0 Å². The van der Waals surface area contributed by atoms with Crippen molar-refractivity contribution in [2.75, 3.05) is 0 Å². The Kier molecular flexibility index (Phi) is 11.2. The number of imidazole rings is 1. The minimum atomic E-state index is -0.303. The molecule has 2 heterocycles. The molecular formula is C61H59N3O. The number of aromatic nitrogens is 3. The number of aromatic hydroxyl groups is 1. The summed E-state index contributed by atoms with van der Waals surface area (Å²) in [6.45, 7) is 20.6. The summed E-state index contributed by atoms with van der Waals surface area (Å²) in [4.78, 5) is 10.5. The van der Waals surface area contributed by atoms with Crippen LogP contribution in [0.4, 0.5) is 0 Å². The van der Waals surface area contributed by atoms with Gasteiger partial charge in [0.15, 0.2) is 0 Å². The quantitative estimate of drug-likeness (QED) is 0.166. The van der Waals surface area contributed by atoms with Crippen molar-refractivity contribution in [3.05, 3.63) is 198 Å². The maximum absolute atomic E-state index is 12.4. The summed E-state index contributed by atoms with van der Waals surface area (Å²) in [6.07, 6.45) is 1.90. The molecule has 2 aromatic heterocycles. The maximum Gasteiger partial charge on any atom is 0.145 e. The second-order valence-corrected chi connectivity index (χ2v) is 20.6. The fourth-order valence-corrected chi connectivity index (χ4v) is 8.89. The Labute approximate surface area is 385 Å². The van der Waals surface area contributed by atoms with Crippen LogP contribution in [0.15, 0.2) is 176 Å². The summed E-state index contributed by atoms with van der Waals surface area (Å²) in [5.74, 6) is 1.02. The van der Waals surface area contributed by atoms with E-state index in [1.807, 2.05) is 12.3 Å². The summed E-state index contributed by atoms with van der Waals surface area (Å²) in [5, 5.41) is 12.4. The monoisotopic (exact) mass is 849 g/mol. The number of benzene rings is 7. The maximum atomic E-state index is 12.4. The van der Waals surface area contributed by atoms with Crippen LogP contribution < -0.4 is 0 Å². The number of fused-ring (bicyclic) bond motifs is 1. The smallest absolute Gasteiger partial charge is 0.145 e. The van der Waals surface area contributed by atoms with Gasteiger partial charge in [0.05, 0.1) is 28.8 Å². The number of pyridine rings is 1. The van der Waals surface area contributed by atoms with E-state index in [4.69, 9.17) is 9.97 Å². The predicted molar refractivity (Wildman–Crippen MR) is 273 cm³/mol. The molecule has 1 N–H and O–H groups in total. The highest BCUT2D eigenvalue weighted by atomic mass is 16.3. The largest absolute Gasteiger partial charge is 0.507 e. The van der Waals surface area contributed by atoms with Crippen molar-refractivity contribution < 1.29 is 5.11 Å². The van der Waals surface area contributed by atoms with E-state index in [1.54, 1.807) is 0 Å². The van der Waals surface area contributed by atoms with Gasteiger partial charge in [-0.2, -0.15) is 0 Å². The zero-order valence-corrected chi connectivity index (χ0v) is 39.2. The summed E-state index contributed by atoms with van der Waals surface area (Å²) < 4.78 is 2.32. The van der Waals surface area contributed by atoms with Gasteiger partial charge in [0, 0.05) is 22.9 Å². The molecule has 0 fully saturated rings. The van der Waals surface area contributed by atoms with Gasteiger partial charge in [-0.05, 0) is 102 Å². The molecule has 0 bridgehead atoms. The Balaban J connectivity index is 1.20. The van der Waals surface area contributed by atoms with E-state index in [9.17, 15) is 5.11 Å². The molecule has 0 aliphatic rings. The topological polar surface area (TPSA) is 50.9 Å². The van der Waals surface area contributed by atoms with Crippen LogP contribution >= 0.6 is 0 Å². The molecule has 0 saturated carbocycles. The van der Waals surface area contributed by atoms with Crippen LogP contribution in [0.2, 0.25) is 0 Å². The van der Waals surface area contributed by atoms with Gasteiger partial charge >= 0.3 is 0 Å². The highest BCUT2D eigenvalue weighted by Gasteiger charge is 2.29. The zero-order valence-electron chi connectivity index (χ0n) is 39.2. The lowest BCUT2D eigenvalue weighted by atomic mass is 9.79. The van der Waals surface area contributed by atoms with Gasteiger partial charge in [-0.25, -0.2) is 4.98 Å². The number of hydrogen-bond acceptors (Lipinski definition) is 3. The first-order valence-corrected chi connectivity index (χ1v) is 22.8. The number of phenolic OH excluding ortho intramolecular Hbond substituents is 1. The Hall–Kier alpha value is -7.04. The molecule has 65 heavy (non-hydrogen) atoms. The molecule has 0 radical (unpaired) electrons. The molecule has 4 heteroatoms. The Morgan fingerprint density at radius 2 is 1.03 bits per heavy atom. The molecule has 0 amide bonds. The molecule has 0 atom stereocenters. The fraction of sp³-hybridized carbons (Fsp3) is 0.213. The third-order valence-corrected chi connectivity index (χ3v) is 12.7. The van der Waals surface area contributed by atoms with E-state index in [0.29, 0.717) is 6.54 Å². The standard InChI is InChI=1S/C61H59N3O/c1-59(2,3)48-31-30-47(51(36-48)43-20-14-11-15-21-43)39-64-55-25-17-24-50(56(55)63-58(64)52-37-49(60(4,5)6)38-53(57(52)65)61(7,8)9)45-22-16-23-46(34-45)54-35-44(32-33-62-54)42-28-26-41(27-29-42)40-18-12-10-13-19-40/h10-38,65H,39H2,1-9H3. The fourth-order valence-electron chi connectivity index (χ4n) is 8.89. The molecule has 0 spiro atoms. The average molecular weight is 850 g/mol. The van der Waals surface area contributed by atoms with Crippen LogP contribution in [0.25, 0.3) is 78.2 Å². The molecule has 9 rings (SSSR count). The lowest BCUT2D eigenvalue weighted by Crippen LogP contribution is -2.17. The molecule has 0 aliphatic carbocycles. The normalized spacial score (nSPS) is 12.2. The number of nitrogens with zero attached hydrogens (tertiary/aromatic N) is 3. The first-order valence-electron chi connectivity index (χ1n) is 22.8. The van der Waals surface area contributed by atoms with Crippen molar-refractivity contribution in [1.82, 2.24) is 14.5 Å². The van der Waals surface area contributed by atoms with Crippen molar-refractivity contribution in [3.63, 3.8) is 0 Å². The van der Waals surface area contributed by atoms with Crippen LogP contribution in [-0.2, 0) is 22.8 Å². The van der Waals surface area contributed by atoms with Gasteiger partial charge in [0.2, 0.25) is 0 Å². The molecule has 0 saturated heterocycles. The van der Waals surface area contributed by atoms with E-state index in [0.717, 1.165) is 67.1 Å². The minimum Gasteiger partial charge on any atom is -0.507 e.